The van der Waals surface area contributed by atoms with E-state index >= 15 is 0 Å². The number of nitrogens with zero attached hydrogens (tertiary/aromatic N) is 2. The second-order valence-corrected chi connectivity index (χ2v) is 5.83. The maximum Gasteiger partial charge on any atom is 0.133 e. The molecule has 0 saturated carbocycles. The molecular formula is C18H23N3. The summed E-state index contributed by atoms with van der Waals surface area (Å²) < 4.78 is 0. The SMILES string of the molecule is CNCc1ccc(N2CCCc3cc(C)ccc32)nc1C. The maximum absolute atomic E-state index is 4.82. The number of aromatic nitrogens is 1. The van der Waals surface area contributed by atoms with Gasteiger partial charge < -0.3 is 10.2 Å². The van der Waals surface area contributed by atoms with Crippen LogP contribution in [-0.4, -0.2) is 18.6 Å². The number of nitrogens with one attached hydrogen (secondary N) is 1. The molecule has 3 rings (SSSR count). The lowest BCUT2D eigenvalue weighted by Crippen LogP contribution is -2.25. The number of hydrogen-bond donors (Lipinski definition) is 1. The van der Waals surface area contributed by atoms with E-state index in [1.54, 1.807) is 0 Å². The molecule has 0 radical (unpaired) electrons. The highest BCUT2D eigenvalue weighted by atomic mass is 15.2. The van der Waals surface area contributed by atoms with E-state index in [1.165, 1.54) is 35.2 Å². The molecular weight excluding hydrogens is 258 g/mol. The summed E-state index contributed by atoms with van der Waals surface area (Å²) in [6.45, 7) is 6.17. The molecule has 1 aliphatic heterocycles. The van der Waals surface area contributed by atoms with Gasteiger partial charge >= 0.3 is 0 Å². The molecule has 1 aromatic carbocycles. The lowest BCUT2D eigenvalue weighted by atomic mass is 9.99. The molecule has 0 spiro atoms. The average Bonchev–Trinajstić information content (AvgIpc) is 2.48. The summed E-state index contributed by atoms with van der Waals surface area (Å²) in [5.74, 6) is 1.07. The second-order valence-electron chi connectivity index (χ2n) is 5.83. The minimum Gasteiger partial charge on any atom is -0.326 e. The normalized spacial score (nSPS) is 14.1. The molecule has 3 nitrogen and oxygen atoms in total. The zero-order valence-electron chi connectivity index (χ0n) is 13.1. The zero-order chi connectivity index (χ0) is 14.8. The molecule has 0 fully saturated rings. The molecule has 0 saturated heterocycles. The van der Waals surface area contributed by atoms with Crippen molar-refractivity contribution < 1.29 is 0 Å². The highest BCUT2D eigenvalue weighted by Crippen LogP contribution is 2.33. The van der Waals surface area contributed by atoms with Crippen LogP contribution in [0.2, 0.25) is 0 Å². The lowest BCUT2D eigenvalue weighted by molar-refractivity contribution is 0.754. The van der Waals surface area contributed by atoms with E-state index in [0.717, 1.165) is 24.6 Å². The van der Waals surface area contributed by atoms with Crippen molar-refractivity contribution in [1.29, 1.82) is 0 Å². The van der Waals surface area contributed by atoms with Crippen molar-refractivity contribution in [3.8, 4) is 0 Å². The third kappa shape index (κ3) is 2.79. The predicted octanol–water partition coefficient (Wildman–Crippen LogP) is 3.50. The minimum atomic E-state index is 0.870. The van der Waals surface area contributed by atoms with Crippen molar-refractivity contribution >= 4 is 11.5 Å². The van der Waals surface area contributed by atoms with E-state index < -0.39 is 0 Å². The van der Waals surface area contributed by atoms with Crippen molar-refractivity contribution in [3.63, 3.8) is 0 Å². The Bertz CT molecular complexity index is 649. The monoisotopic (exact) mass is 281 g/mol. The Balaban J connectivity index is 1.97. The highest BCUT2D eigenvalue weighted by molar-refractivity contribution is 5.66. The summed E-state index contributed by atoms with van der Waals surface area (Å²) in [5, 5.41) is 3.19. The van der Waals surface area contributed by atoms with Gasteiger partial charge in [-0.3, -0.25) is 0 Å². The van der Waals surface area contributed by atoms with Crippen LogP contribution >= 0.6 is 0 Å². The summed E-state index contributed by atoms with van der Waals surface area (Å²) in [7, 11) is 1.97. The zero-order valence-corrected chi connectivity index (χ0v) is 13.1. The molecule has 1 aliphatic rings. The molecule has 1 N–H and O–H groups in total. The maximum atomic E-state index is 4.82. The first kappa shape index (κ1) is 14.1. The van der Waals surface area contributed by atoms with Gasteiger partial charge in [0.05, 0.1) is 0 Å². The third-order valence-corrected chi connectivity index (χ3v) is 4.18. The van der Waals surface area contributed by atoms with Crippen LogP contribution in [0.4, 0.5) is 11.5 Å². The summed E-state index contributed by atoms with van der Waals surface area (Å²) >= 11 is 0. The quantitative estimate of drug-likeness (QED) is 0.933. The Morgan fingerprint density at radius 2 is 2.05 bits per heavy atom. The first-order chi connectivity index (χ1) is 10.2. The van der Waals surface area contributed by atoms with Crippen molar-refractivity contribution in [2.24, 2.45) is 0 Å². The molecule has 110 valence electrons. The second kappa shape index (κ2) is 5.86. The van der Waals surface area contributed by atoms with Gasteiger partial charge in [0.2, 0.25) is 0 Å². The molecule has 2 aromatic rings. The van der Waals surface area contributed by atoms with E-state index in [1.807, 2.05) is 7.05 Å². The van der Waals surface area contributed by atoms with Crippen molar-refractivity contribution in [1.82, 2.24) is 10.3 Å². The third-order valence-electron chi connectivity index (χ3n) is 4.18. The van der Waals surface area contributed by atoms with Crippen LogP contribution in [-0.2, 0) is 13.0 Å². The predicted molar refractivity (Wildman–Crippen MR) is 88.2 cm³/mol. The van der Waals surface area contributed by atoms with Gasteiger partial charge in [-0.15, -0.1) is 0 Å². The Morgan fingerprint density at radius 3 is 2.81 bits per heavy atom. The summed E-state index contributed by atoms with van der Waals surface area (Å²) in [6, 6.07) is 11.1. The first-order valence-electron chi connectivity index (χ1n) is 7.67. The Kier molecular flexibility index (Phi) is 3.93. The van der Waals surface area contributed by atoms with Crippen LogP contribution < -0.4 is 10.2 Å². The van der Waals surface area contributed by atoms with Gasteiger partial charge in [-0.2, -0.15) is 0 Å². The lowest BCUT2D eigenvalue weighted by Gasteiger charge is -2.31. The summed E-state index contributed by atoms with van der Waals surface area (Å²) in [4.78, 5) is 7.18. The van der Waals surface area contributed by atoms with Gasteiger partial charge in [-0.1, -0.05) is 23.8 Å². The van der Waals surface area contributed by atoms with Crippen molar-refractivity contribution in [2.75, 3.05) is 18.5 Å². The average molecular weight is 281 g/mol. The number of pyridine rings is 1. The van der Waals surface area contributed by atoms with E-state index in [2.05, 4.69) is 54.4 Å². The van der Waals surface area contributed by atoms with E-state index in [-0.39, 0.29) is 0 Å². The number of hydrogen-bond acceptors (Lipinski definition) is 3. The molecule has 0 bridgehead atoms. The fraction of sp³-hybridized carbons (Fsp3) is 0.389. The number of rotatable bonds is 3. The number of aryl methyl sites for hydroxylation is 3. The van der Waals surface area contributed by atoms with Crippen molar-refractivity contribution in [2.45, 2.75) is 33.2 Å². The fourth-order valence-corrected chi connectivity index (χ4v) is 3.07. The molecule has 2 heterocycles. The summed E-state index contributed by atoms with van der Waals surface area (Å²) in [5.41, 5.74) is 6.48. The number of benzene rings is 1. The van der Waals surface area contributed by atoms with Gasteiger partial charge in [-0.25, -0.2) is 4.98 Å². The smallest absolute Gasteiger partial charge is 0.133 e. The largest absolute Gasteiger partial charge is 0.326 e. The van der Waals surface area contributed by atoms with Gasteiger partial charge in [0.1, 0.15) is 5.82 Å². The van der Waals surface area contributed by atoms with E-state index in [4.69, 9.17) is 4.98 Å². The Morgan fingerprint density at radius 1 is 1.19 bits per heavy atom. The van der Waals surface area contributed by atoms with Crippen LogP contribution in [0.3, 0.4) is 0 Å². The first-order valence-corrected chi connectivity index (χ1v) is 7.67. The van der Waals surface area contributed by atoms with Crippen LogP contribution in [0.15, 0.2) is 30.3 Å². The van der Waals surface area contributed by atoms with Gasteiger partial charge in [0.25, 0.3) is 0 Å². The molecule has 0 unspecified atom stereocenters. The van der Waals surface area contributed by atoms with Crippen LogP contribution in [0.5, 0.6) is 0 Å². The summed E-state index contributed by atoms with van der Waals surface area (Å²) in [6.07, 6.45) is 2.36. The van der Waals surface area contributed by atoms with Crippen LogP contribution in [0.1, 0.15) is 28.8 Å². The van der Waals surface area contributed by atoms with Crippen LogP contribution in [0.25, 0.3) is 0 Å². The topological polar surface area (TPSA) is 28.2 Å². The van der Waals surface area contributed by atoms with Crippen LogP contribution in [0, 0.1) is 13.8 Å². The molecule has 3 heteroatoms. The minimum absolute atomic E-state index is 0.870. The molecule has 1 aromatic heterocycles. The van der Waals surface area contributed by atoms with Gasteiger partial charge in [0, 0.05) is 24.5 Å². The highest BCUT2D eigenvalue weighted by Gasteiger charge is 2.19. The van der Waals surface area contributed by atoms with Crippen molar-refractivity contribution in [3.05, 3.63) is 52.7 Å². The standard InChI is InChI=1S/C18H23N3/c1-13-6-8-17-15(11-13)5-4-10-21(17)18-9-7-16(12-19-3)14(2)20-18/h6-9,11,19H,4-5,10,12H2,1-3H3. The molecule has 0 amide bonds. The molecule has 0 atom stereocenters. The Hall–Kier alpha value is -1.87. The van der Waals surface area contributed by atoms with Gasteiger partial charge in [0.15, 0.2) is 0 Å². The fourth-order valence-electron chi connectivity index (χ4n) is 3.07. The van der Waals surface area contributed by atoms with Gasteiger partial charge in [-0.05, 0) is 57.0 Å². The molecule has 21 heavy (non-hydrogen) atoms. The van der Waals surface area contributed by atoms with E-state index in [0.29, 0.717) is 0 Å². The van der Waals surface area contributed by atoms with E-state index in [9.17, 15) is 0 Å². The number of anilines is 2. The number of fused-ring (bicyclic) bond motifs is 1. The molecule has 0 aliphatic carbocycles. The Labute approximate surface area is 127 Å².